The van der Waals surface area contributed by atoms with Gasteiger partial charge in [0.25, 0.3) is 0 Å². The first kappa shape index (κ1) is 12.9. The second-order valence-corrected chi connectivity index (χ2v) is 7.55. The molecule has 1 heterocycles. The summed E-state index contributed by atoms with van der Waals surface area (Å²) >= 11 is 6.33. The molecule has 0 N–H and O–H groups in total. The Kier molecular flexibility index (Phi) is 3.73. The third kappa shape index (κ3) is 3.12. The van der Waals surface area contributed by atoms with Gasteiger partial charge >= 0.3 is 0 Å². The third-order valence-corrected chi connectivity index (χ3v) is 4.97. The molecule has 1 rings (SSSR count). The molecule has 0 radical (unpaired) electrons. The van der Waals surface area contributed by atoms with Gasteiger partial charge in [-0.15, -0.1) is 11.6 Å². The smallest absolute Gasteiger partial charge is 0.221 e. The highest BCUT2D eigenvalue weighted by Gasteiger charge is 2.24. The van der Waals surface area contributed by atoms with Crippen LogP contribution in [0.4, 0.5) is 0 Å². The van der Waals surface area contributed by atoms with Crippen molar-refractivity contribution in [2.75, 3.05) is 11.6 Å². The Hall–Kier alpha value is -0.200. The molecule has 0 atom stereocenters. The van der Waals surface area contributed by atoms with E-state index in [2.05, 4.69) is 9.36 Å². The van der Waals surface area contributed by atoms with Crippen LogP contribution in [0.1, 0.15) is 26.6 Å². The van der Waals surface area contributed by atoms with Gasteiger partial charge in [-0.05, 0) is 11.5 Å². The maximum Gasteiger partial charge on any atom is 0.228 e. The molecule has 0 saturated heterocycles. The maximum atomic E-state index is 11.6. The van der Waals surface area contributed by atoms with Crippen LogP contribution in [-0.4, -0.2) is 29.4 Å². The van der Waals surface area contributed by atoms with Crippen LogP contribution in [0.2, 0.25) is 0 Å². The molecule has 0 aliphatic rings. The fourth-order valence-corrected chi connectivity index (χ4v) is 3.46. The molecule has 0 fully saturated rings. The summed E-state index contributed by atoms with van der Waals surface area (Å²) in [5, 5.41) is 0. The summed E-state index contributed by atoms with van der Waals surface area (Å²) in [6.07, 6.45) is 0. The SMILES string of the molecule is CC(C)(C)c1nsc(S(=O)(=O)CCCl)n1. The van der Waals surface area contributed by atoms with E-state index in [9.17, 15) is 8.42 Å². The van der Waals surface area contributed by atoms with E-state index in [4.69, 9.17) is 11.6 Å². The van der Waals surface area contributed by atoms with Crippen LogP contribution >= 0.6 is 23.1 Å². The van der Waals surface area contributed by atoms with Crippen LogP contribution in [0.15, 0.2) is 4.34 Å². The summed E-state index contributed by atoms with van der Waals surface area (Å²) in [6.45, 7) is 5.81. The lowest BCUT2D eigenvalue weighted by atomic mass is 9.96. The second-order valence-electron chi connectivity index (χ2n) is 4.14. The van der Waals surface area contributed by atoms with Crippen LogP contribution in [0.25, 0.3) is 0 Å². The van der Waals surface area contributed by atoms with Crippen LogP contribution in [-0.2, 0) is 15.3 Å². The molecule has 1 aromatic rings. The van der Waals surface area contributed by atoms with Crippen molar-refractivity contribution < 1.29 is 8.42 Å². The fraction of sp³-hybridized carbons (Fsp3) is 0.750. The van der Waals surface area contributed by atoms with Gasteiger partial charge in [0.15, 0.2) is 0 Å². The van der Waals surface area contributed by atoms with Gasteiger partial charge in [-0.2, -0.15) is 4.37 Å². The van der Waals surface area contributed by atoms with Crippen LogP contribution < -0.4 is 0 Å². The van der Waals surface area contributed by atoms with E-state index in [1.165, 1.54) is 0 Å². The number of halogens is 1. The molecule has 86 valence electrons. The first-order valence-corrected chi connectivity index (χ1v) is 7.36. The van der Waals surface area contributed by atoms with Gasteiger partial charge in [0.05, 0.1) is 5.75 Å². The normalized spacial score (nSPS) is 13.1. The van der Waals surface area contributed by atoms with Gasteiger partial charge in [-0.25, -0.2) is 13.4 Å². The third-order valence-electron chi connectivity index (χ3n) is 1.69. The Balaban J connectivity index is 3.05. The molecule has 0 bridgehead atoms. The van der Waals surface area contributed by atoms with Gasteiger partial charge in [0, 0.05) is 11.3 Å². The van der Waals surface area contributed by atoms with Gasteiger partial charge in [-0.3, -0.25) is 0 Å². The van der Waals surface area contributed by atoms with Gasteiger partial charge in [0.1, 0.15) is 5.82 Å². The molecule has 0 aromatic carbocycles. The number of sulfone groups is 1. The molecule has 0 aliphatic heterocycles. The summed E-state index contributed by atoms with van der Waals surface area (Å²) in [5.41, 5.74) is -0.231. The molecule has 7 heteroatoms. The Labute approximate surface area is 98.8 Å². The summed E-state index contributed by atoms with van der Waals surface area (Å²) < 4.78 is 27.3. The highest BCUT2D eigenvalue weighted by molar-refractivity contribution is 7.93. The highest BCUT2D eigenvalue weighted by atomic mass is 35.5. The zero-order chi connectivity index (χ0) is 11.7. The van der Waals surface area contributed by atoms with Crippen molar-refractivity contribution in [3.63, 3.8) is 0 Å². The van der Waals surface area contributed by atoms with Crippen molar-refractivity contribution in [3.05, 3.63) is 5.82 Å². The predicted octanol–water partition coefficient (Wildman–Crippen LogP) is 1.85. The minimum atomic E-state index is -3.34. The summed E-state index contributed by atoms with van der Waals surface area (Å²) in [5.74, 6) is 0.542. The fourth-order valence-electron chi connectivity index (χ4n) is 0.829. The number of alkyl halides is 1. The number of hydrogen-bond acceptors (Lipinski definition) is 5. The van der Waals surface area contributed by atoms with E-state index in [0.717, 1.165) is 11.5 Å². The molecular formula is C8H13ClN2O2S2. The van der Waals surface area contributed by atoms with Crippen molar-refractivity contribution in [3.8, 4) is 0 Å². The molecule has 0 saturated carbocycles. The van der Waals surface area contributed by atoms with Crippen molar-refractivity contribution in [2.24, 2.45) is 0 Å². The van der Waals surface area contributed by atoms with Crippen molar-refractivity contribution >= 4 is 33.0 Å². The Bertz CT molecular complexity index is 434. The minimum absolute atomic E-state index is 0.0630. The van der Waals surface area contributed by atoms with Crippen molar-refractivity contribution in [1.82, 2.24) is 9.36 Å². The molecule has 15 heavy (non-hydrogen) atoms. The first-order valence-electron chi connectivity index (χ1n) is 4.40. The van der Waals surface area contributed by atoms with Gasteiger partial charge < -0.3 is 0 Å². The van der Waals surface area contributed by atoms with Crippen LogP contribution in [0.5, 0.6) is 0 Å². The molecule has 0 spiro atoms. The van der Waals surface area contributed by atoms with Crippen molar-refractivity contribution in [1.29, 1.82) is 0 Å². The van der Waals surface area contributed by atoms with Gasteiger partial charge in [-0.1, -0.05) is 20.8 Å². The summed E-state index contributed by atoms with van der Waals surface area (Å²) in [7, 11) is -3.34. The molecular weight excluding hydrogens is 256 g/mol. The lowest BCUT2D eigenvalue weighted by Crippen LogP contribution is -2.14. The maximum absolute atomic E-state index is 11.6. The second kappa shape index (κ2) is 4.35. The average Bonchev–Trinajstić information content (AvgIpc) is 2.50. The standard InChI is InChI=1S/C8H13ClN2O2S2/c1-8(2,3)6-10-7(14-11-6)15(12,13)5-4-9/h4-5H2,1-3H3. The Morgan fingerprint density at radius 2 is 2.00 bits per heavy atom. The molecule has 0 unspecified atom stereocenters. The number of hydrogen-bond donors (Lipinski definition) is 0. The zero-order valence-electron chi connectivity index (χ0n) is 8.82. The number of rotatable bonds is 3. The van der Waals surface area contributed by atoms with E-state index >= 15 is 0 Å². The summed E-state index contributed by atoms with van der Waals surface area (Å²) in [4.78, 5) is 4.03. The van der Waals surface area contributed by atoms with E-state index in [1.54, 1.807) is 0 Å². The van der Waals surface area contributed by atoms with Crippen molar-refractivity contribution in [2.45, 2.75) is 30.5 Å². The quantitative estimate of drug-likeness (QED) is 0.785. The van der Waals surface area contributed by atoms with E-state index in [-0.39, 0.29) is 21.4 Å². The molecule has 0 amide bonds. The number of nitrogens with zero attached hydrogens (tertiary/aromatic N) is 2. The molecule has 0 aliphatic carbocycles. The largest absolute Gasteiger partial charge is 0.228 e. The van der Waals surface area contributed by atoms with Gasteiger partial charge in [0.2, 0.25) is 14.2 Å². The highest BCUT2D eigenvalue weighted by Crippen LogP contribution is 2.23. The van der Waals surface area contributed by atoms with Crippen LogP contribution in [0.3, 0.4) is 0 Å². The molecule has 1 aromatic heterocycles. The van der Waals surface area contributed by atoms with Crippen LogP contribution in [0, 0.1) is 0 Å². The lowest BCUT2D eigenvalue weighted by Gasteiger charge is -2.12. The molecule has 4 nitrogen and oxygen atoms in total. The summed E-state index contributed by atoms with van der Waals surface area (Å²) in [6, 6.07) is 0. The Morgan fingerprint density at radius 3 is 2.40 bits per heavy atom. The van der Waals surface area contributed by atoms with E-state index in [0.29, 0.717) is 5.82 Å². The first-order chi connectivity index (χ1) is 6.77. The minimum Gasteiger partial charge on any atom is -0.221 e. The number of aromatic nitrogens is 2. The van der Waals surface area contributed by atoms with E-state index < -0.39 is 9.84 Å². The van der Waals surface area contributed by atoms with E-state index in [1.807, 2.05) is 20.8 Å². The lowest BCUT2D eigenvalue weighted by molar-refractivity contribution is 0.548. The average molecular weight is 269 g/mol. The zero-order valence-corrected chi connectivity index (χ0v) is 11.2. The Morgan fingerprint density at radius 1 is 1.40 bits per heavy atom. The topological polar surface area (TPSA) is 59.9 Å². The predicted molar refractivity (Wildman–Crippen MR) is 61.4 cm³/mol. The monoisotopic (exact) mass is 268 g/mol.